The normalized spacial score (nSPS) is 14.0. The number of carbonyl (C=O) groups is 1. The smallest absolute Gasteiger partial charge is 0.249 e. The van der Waals surface area contributed by atoms with Crippen LogP contribution in [0.5, 0.6) is 0 Å². The highest BCUT2D eigenvalue weighted by molar-refractivity contribution is 5.80. The number of unbranched alkanes of at least 4 members (excludes halogenated alkanes) is 38. The predicted octanol–water partition coefficient (Wildman–Crippen LogP) is 15.9. The van der Waals surface area contributed by atoms with Crippen molar-refractivity contribution in [1.82, 2.24) is 5.32 Å². The Kier molecular flexibility index (Phi) is 49.8. The van der Waals surface area contributed by atoms with Crippen molar-refractivity contribution >= 4 is 5.91 Å². The summed E-state index contributed by atoms with van der Waals surface area (Å²) >= 11 is 0. The van der Waals surface area contributed by atoms with Gasteiger partial charge in [-0.25, -0.2) is 0 Å². The van der Waals surface area contributed by atoms with Crippen molar-refractivity contribution in [2.75, 3.05) is 6.61 Å². The molecule has 0 fully saturated rings. The van der Waals surface area contributed by atoms with Gasteiger partial charge in [0.05, 0.1) is 18.8 Å². The fourth-order valence-corrected chi connectivity index (χ4v) is 8.79. The Morgan fingerprint density at radius 2 is 0.694 bits per heavy atom. The molecule has 0 aliphatic heterocycles. The van der Waals surface area contributed by atoms with Crippen LogP contribution < -0.4 is 5.32 Å². The molecule has 5 N–H and O–H groups in total. The first-order valence-electron chi connectivity index (χ1n) is 27.7. The molecule has 0 radical (unpaired) electrons. The van der Waals surface area contributed by atoms with Gasteiger partial charge in [-0.05, 0) is 44.9 Å². The highest BCUT2D eigenvalue weighted by atomic mass is 16.3. The van der Waals surface area contributed by atoms with E-state index < -0.39 is 36.9 Å². The van der Waals surface area contributed by atoms with Crippen molar-refractivity contribution in [3.8, 4) is 0 Å². The quantitative estimate of drug-likeness (QED) is 0.0309. The molecule has 0 aromatic heterocycles. The van der Waals surface area contributed by atoms with Gasteiger partial charge < -0.3 is 25.7 Å². The molecule has 4 unspecified atom stereocenters. The molecule has 0 bridgehead atoms. The summed E-state index contributed by atoms with van der Waals surface area (Å²) in [6, 6.07) is -0.990. The molecule has 0 heterocycles. The monoisotopic (exact) mass is 876 g/mol. The predicted molar refractivity (Wildman–Crippen MR) is 270 cm³/mol. The van der Waals surface area contributed by atoms with E-state index in [1.165, 1.54) is 212 Å². The van der Waals surface area contributed by atoms with Gasteiger partial charge in [0.25, 0.3) is 0 Å². The summed E-state index contributed by atoms with van der Waals surface area (Å²) < 4.78 is 0. The topological polar surface area (TPSA) is 110 Å². The maximum atomic E-state index is 12.6. The van der Waals surface area contributed by atoms with Crippen LogP contribution in [0.4, 0.5) is 0 Å². The minimum Gasteiger partial charge on any atom is -0.394 e. The number of hydrogen-bond donors (Lipinski definition) is 5. The van der Waals surface area contributed by atoms with Crippen LogP contribution in [-0.4, -0.2) is 57.3 Å². The van der Waals surface area contributed by atoms with Crippen LogP contribution >= 0.6 is 0 Å². The molecule has 0 saturated heterocycles. The van der Waals surface area contributed by atoms with E-state index in [1.807, 2.05) is 0 Å². The molecular weight excluding hydrogens is 767 g/mol. The van der Waals surface area contributed by atoms with Gasteiger partial charge in [-0.15, -0.1) is 0 Å². The number of aliphatic hydroxyl groups excluding tert-OH is 4. The van der Waals surface area contributed by atoms with Crippen LogP contribution in [-0.2, 0) is 4.79 Å². The van der Waals surface area contributed by atoms with E-state index in [2.05, 4.69) is 43.5 Å². The average Bonchev–Trinajstić information content (AvgIpc) is 3.28. The Hall–Kier alpha value is -1.21. The van der Waals surface area contributed by atoms with Gasteiger partial charge in [-0.2, -0.15) is 0 Å². The van der Waals surface area contributed by atoms with E-state index in [0.717, 1.165) is 57.8 Å². The lowest BCUT2D eigenvalue weighted by Gasteiger charge is -2.27. The van der Waals surface area contributed by atoms with E-state index in [4.69, 9.17) is 0 Å². The summed E-state index contributed by atoms with van der Waals surface area (Å²) in [4.78, 5) is 12.6. The van der Waals surface area contributed by atoms with E-state index in [1.54, 1.807) is 0 Å². The van der Waals surface area contributed by atoms with E-state index in [0.29, 0.717) is 12.8 Å². The van der Waals surface area contributed by atoms with Gasteiger partial charge >= 0.3 is 0 Å². The van der Waals surface area contributed by atoms with Crippen LogP contribution in [0.3, 0.4) is 0 Å². The summed E-state index contributed by atoms with van der Waals surface area (Å²) in [6.45, 7) is 4.08. The van der Waals surface area contributed by atoms with Gasteiger partial charge in [-0.3, -0.25) is 4.79 Å². The molecule has 0 aliphatic carbocycles. The molecule has 0 aromatic carbocycles. The molecule has 4 atom stereocenters. The largest absolute Gasteiger partial charge is 0.394 e. The fraction of sp³-hybridized carbons (Fsp3) is 0.911. The van der Waals surface area contributed by atoms with Crippen molar-refractivity contribution in [3.63, 3.8) is 0 Å². The second-order valence-electron chi connectivity index (χ2n) is 19.3. The van der Waals surface area contributed by atoms with Crippen LogP contribution in [0.25, 0.3) is 0 Å². The maximum absolute atomic E-state index is 12.6. The summed E-state index contributed by atoms with van der Waals surface area (Å²) in [6.07, 6.45) is 60.9. The Morgan fingerprint density at radius 3 is 1.02 bits per heavy atom. The first kappa shape index (κ1) is 60.8. The van der Waals surface area contributed by atoms with Crippen molar-refractivity contribution in [1.29, 1.82) is 0 Å². The zero-order valence-corrected chi connectivity index (χ0v) is 41.6. The number of carbonyl (C=O) groups excluding carboxylic acids is 1. The molecule has 0 aliphatic rings. The first-order valence-corrected chi connectivity index (χ1v) is 27.7. The number of nitrogens with one attached hydrogen (secondary N) is 1. The number of aliphatic hydroxyl groups is 4. The van der Waals surface area contributed by atoms with E-state index in [9.17, 15) is 25.2 Å². The van der Waals surface area contributed by atoms with Gasteiger partial charge in [0.15, 0.2) is 0 Å². The van der Waals surface area contributed by atoms with Crippen molar-refractivity contribution < 1.29 is 25.2 Å². The minimum atomic E-state index is -1.26. The summed E-state index contributed by atoms with van der Waals surface area (Å²) in [5, 5.41) is 44.0. The second-order valence-corrected chi connectivity index (χ2v) is 19.3. The molecule has 62 heavy (non-hydrogen) atoms. The van der Waals surface area contributed by atoms with Crippen LogP contribution in [0.1, 0.15) is 296 Å². The lowest BCUT2D eigenvalue weighted by atomic mass is 9.99. The highest BCUT2D eigenvalue weighted by Crippen LogP contribution is 2.18. The summed E-state index contributed by atoms with van der Waals surface area (Å²) in [5.41, 5.74) is 0. The Labute approximate surface area is 386 Å². The average molecular weight is 876 g/mol. The SMILES string of the molecule is CCCCCCCCCCC/C=C\C/C=C\CCCCCCCCC(O)C(=O)NC(CO)C(O)C(O)CCCCCCCCCCCCCCCCCCCCCCCCCC. The highest BCUT2D eigenvalue weighted by Gasteiger charge is 2.28. The molecule has 6 heteroatoms. The third kappa shape index (κ3) is 44.0. The maximum Gasteiger partial charge on any atom is 0.249 e. The molecule has 0 saturated carbocycles. The van der Waals surface area contributed by atoms with Gasteiger partial charge in [0, 0.05) is 0 Å². The first-order chi connectivity index (χ1) is 30.5. The van der Waals surface area contributed by atoms with Crippen LogP contribution in [0, 0.1) is 0 Å². The molecule has 0 aromatic rings. The van der Waals surface area contributed by atoms with Crippen molar-refractivity contribution in [2.45, 2.75) is 321 Å². The van der Waals surface area contributed by atoms with E-state index >= 15 is 0 Å². The molecule has 0 spiro atoms. The Morgan fingerprint density at radius 1 is 0.403 bits per heavy atom. The number of allylic oxidation sites excluding steroid dienone is 4. The summed E-state index contributed by atoms with van der Waals surface area (Å²) in [5.74, 6) is -0.588. The van der Waals surface area contributed by atoms with Crippen LogP contribution in [0.15, 0.2) is 24.3 Å². The third-order valence-electron chi connectivity index (χ3n) is 13.2. The Balaban J connectivity index is 3.65. The fourth-order valence-electron chi connectivity index (χ4n) is 8.79. The zero-order valence-electron chi connectivity index (χ0n) is 41.6. The lowest BCUT2D eigenvalue weighted by Crippen LogP contribution is -2.53. The second kappa shape index (κ2) is 50.8. The molecule has 0 rings (SSSR count). The number of hydrogen-bond acceptors (Lipinski definition) is 5. The van der Waals surface area contributed by atoms with Crippen molar-refractivity contribution in [2.24, 2.45) is 0 Å². The van der Waals surface area contributed by atoms with E-state index in [-0.39, 0.29) is 0 Å². The molecular formula is C56H109NO5. The van der Waals surface area contributed by atoms with Gasteiger partial charge in [-0.1, -0.05) is 276 Å². The van der Waals surface area contributed by atoms with Gasteiger partial charge in [0.1, 0.15) is 12.2 Å². The third-order valence-corrected chi connectivity index (χ3v) is 13.2. The zero-order chi connectivity index (χ0) is 45.2. The van der Waals surface area contributed by atoms with Crippen molar-refractivity contribution in [3.05, 3.63) is 24.3 Å². The van der Waals surface area contributed by atoms with Crippen LogP contribution in [0.2, 0.25) is 0 Å². The van der Waals surface area contributed by atoms with Gasteiger partial charge in [0.2, 0.25) is 5.91 Å². The summed E-state index contributed by atoms with van der Waals surface area (Å²) in [7, 11) is 0. The Bertz CT molecular complexity index is 939. The minimum absolute atomic E-state index is 0.359. The molecule has 1 amide bonds. The standard InChI is InChI=1S/C56H109NO5/c1-3-5-7-9-11-13-15-17-19-21-23-25-27-28-30-31-33-35-37-39-41-43-45-47-49-53(59)55(61)52(51-58)57-56(62)54(60)50-48-46-44-42-40-38-36-34-32-29-26-24-22-20-18-16-14-12-10-8-6-4-2/h24,26,32,34,52-55,58-61H,3-23,25,27-31,33,35-51H2,1-2H3,(H,57,62)/b26-24-,34-32-. The number of rotatable bonds is 51. The number of amides is 1. The lowest BCUT2D eigenvalue weighted by molar-refractivity contribution is -0.132. The molecule has 368 valence electrons. The molecule has 6 nitrogen and oxygen atoms in total.